The summed E-state index contributed by atoms with van der Waals surface area (Å²) in [6, 6.07) is 0. The third-order valence-electron chi connectivity index (χ3n) is 15.7. The molecule has 0 aliphatic carbocycles. The van der Waals surface area contributed by atoms with E-state index in [1.807, 2.05) is 21.1 Å². The van der Waals surface area contributed by atoms with Gasteiger partial charge in [0.25, 0.3) is 7.82 Å². The Hall–Kier alpha value is -3.85. The van der Waals surface area contributed by atoms with Crippen LogP contribution in [-0.4, -0.2) is 70.0 Å². The van der Waals surface area contributed by atoms with E-state index in [0.717, 1.165) is 109 Å². The van der Waals surface area contributed by atoms with Crippen LogP contribution in [-0.2, 0) is 32.7 Å². The van der Waals surface area contributed by atoms with Gasteiger partial charge in [0.05, 0.1) is 27.7 Å². The van der Waals surface area contributed by atoms with E-state index in [4.69, 9.17) is 18.5 Å². The third kappa shape index (κ3) is 73.2. The average Bonchev–Trinajstić information content (AvgIpc) is 3.58. The lowest BCUT2D eigenvalue weighted by atomic mass is 10.0. The number of nitrogens with zero attached hydrogens (tertiary/aromatic N) is 1. The fourth-order valence-corrected chi connectivity index (χ4v) is 10.8. The maximum Gasteiger partial charge on any atom is 0.306 e. The van der Waals surface area contributed by atoms with Crippen molar-refractivity contribution in [2.75, 3.05) is 47.5 Å². The van der Waals surface area contributed by atoms with Crippen LogP contribution in [0.1, 0.15) is 309 Å². The van der Waals surface area contributed by atoms with Gasteiger partial charge in [-0.15, -0.1) is 0 Å². The summed E-state index contributed by atoms with van der Waals surface area (Å²) in [5.41, 5.74) is 0. The van der Waals surface area contributed by atoms with Crippen molar-refractivity contribution in [1.82, 2.24) is 0 Å². The van der Waals surface area contributed by atoms with Crippen molar-refractivity contribution in [2.45, 2.75) is 315 Å². The Morgan fingerprint density at radius 1 is 0.356 bits per heavy atom. The number of rotatable bonds is 67. The van der Waals surface area contributed by atoms with Crippen molar-refractivity contribution >= 4 is 19.8 Å². The number of allylic oxidation sites excluding steroid dienone is 22. The molecule has 0 heterocycles. The van der Waals surface area contributed by atoms with Crippen LogP contribution in [0.15, 0.2) is 134 Å². The van der Waals surface area contributed by atoms with E-state index < -0.39 is 26.5 Å². The zero-order chi connectivity index (χ0) is 65.5. The molecule has 0 aromatic heterocycles. The highest BCUT2D eigenvalue weighted by molar-refractivity contribution is 7.45. The number of carbonyl (C=O) groups excluding carboxylic acids is 2. The Balaban J connectivity index is 4.06. The molecule has 0 aliphatic rings. The van der Waals surface area contributed by atoms with Gasteiger partial charge in [0.15, 0.2) is 6.10 Å². The number of hydrogen-bond acceptors (Lipinski definition) is 8. The summed E-state index contributed by atoms with van der Waals surface area (Å²) < 4.78 is 34.3. The van der Waals surface area contributed by atoms with Crippen LogP contribution in [0.5, 0.6) is 0 Å². The summed E-state index contributed by atoms with van der Waals surface area (Å²) in [6.45, 7) is 4.10. The van der Waals surface area contributed by atoms with Gasteiger partial charge in [-0.05, 0) is 116 Å². The minimum atomic E-state index is -4.66. The second kappa shape index (κ2) is 69.5. The van der Waals surface area contributed by atoms with Gasteiger partial charge in [0.1, 0.15) is 19.8 Å². The normalized spacial score (nSPS) is 13.9. The van der Waals surface area contributed by atoms with Crippen molar-refractivity contribution in [3.63, 3.8) is 0 Å². The maximum atomic E-state index is 12.9. The number of likely N-dealkylation sites (N-methyl/N-ethyl adjacent to an activating group) is 1. The van der Waals surface area contributed by atoms with E-state index in [1.54, 1.807) is 0 Å². The van der Waals surface area contributed by atoms with Crippen LogP contribution < -0.4 is 4.89 Å². The number of unbranched alkanes of at least 4 members (excludes halogenated alkanes) is 31. The van der Waals surface area contributed by atoms with Crippen LogP contribution in [0.3, 0.4) is 0 Å². The first-order valence-electron chi connectivity index (χ1n) is 36.9. The van der Waals surface area contributed by atoms with Gasteiger partial charge in [-0.2, -0.15) is 0 Å². The summed E-state index contributed by atoms with van der Waals surface area (Å²) in [5.74, 6) is -0.861. The molecule has 2 atom stereocenters. The number of hydrogen-bond donors (Lipinski definition) is 0. The summed E-state index contributed by atoms with van der Waals surface area (Å²) >= 11 is 0. The Kier molecular flexibility index (Phi) is 66.5. The van der Waals surface area contributed by atoms with Gasteiger partial charge >= 0.3 is 11.9 Å². The number of esters is 2. The summed E-state index contributed by atoms with van der Waals surface area (Å²) in [4.78, 5) is 38.1. The molecule has 9 nitrogen and oxygen atoms in total. The smallest absolute Gasteiger partial charge is 0.306 e. The van der Waals surface area contributed by atoms with Crippen LogP contribution in [0, 0.1) is 0 Å². The van der Waals surface area contributed by atoms with Crippen LogP contribution in [0.2, 0.25) is 0 Å². The van der Waals surface area contributed by atoms with E-state index >= 15 is 0 Å². The predicted octanol–water partition coefficient (Wildman–Crippen LogP) is 23.8. The molecule has 0 fully saturated rings. The molecule has 0 radical (unpaired) electrons. The van der Waals surface area contributed by atoms with Crippen molar-refractivity contribution in [1.29, 1.82) is 0 Å². The van der Waals surface area contributed by atoms with Gasteiger partial charge in [0.2, 0.25) is 0 Å². The minimum absolute atomic E-state index is 0.0418. The second-order valence-corrected chi connectivity index (χ2v) is 27.0. The molecule has 90 heavy (non-hydrogen) atoms. The van der Waals surface area contributed by atoms with Crippen LogP contribution in [0.4, 0.5) is 0 Å². The number of phosphoric ester groups is 1. The van der Waals surface area contributed by atoms with Crippen molar-refractivity contribution in [2.24, 2.45) is 0 Å². The van der Waals surface area contributed by atoms with E-state index in [1.165, 1.54) is 167 Å². The molecule has 0 aliphatic heterocycles. The highest BCUT2D eigenvalue weighted by atomic mass is 31.2. The molecule has 0 saturated carbocycles. The Morgan fingerprint density at radius 2 is 0.633 bits per heavy atom. The monoisotopic (exact) mass is 1270 g/mol. The van der Waals surface area contributed by atoms with Crippen molar-refractivity contribution in [3.05, 3.63) is 134 Å². The van der Waals surface area contributed by atoms with Gasteiger partial charge in [-0.1, -0.05) is 314 Å². The van der Waals surface area contributed by atoms with Gasteiger partial charge in [-0.3, -0.25) is 14.2 Å². The van der Waals surface area contributed by atoms with E-state index in [2.05, 4.69) is 148 Å². The van der Waals surface area contributed by atoms with Crippen LogP contribution >= 0.6 is 7.82 Å². The lowest BCUT2D eigenvalue weighted by Crippen LogP contribution is -2.37. The molecule has 0 rings (SSSR count). The third-order valence-corrected chi connectivity index (χ3v) is 16.6. The molecule has 516 valence electrons. The highest BCUT2D eigenvalue weighted by Crippen LogP contribution is 2.38. The van der Waals surface area contributed by atoms with Gasteiger partial charge in [-0.25, -0.2) is 0 Å². The lowest BCUT2D eigenvalue weighted by molar-refractivity contribution is -0.870. The van der Waals surface area contributed by atoms with E-state index in [9.17, 15) is 19.0 Å². The Bertz CT molecular complexity index is 1980. The maximum absolute atomic E-state index is 12.9. The first-order chi connectivity index (χ1) is 44.0. The van der Waals surface area contributed by atoms with E-state index in [0.29, 0.717) is 17.4 Å². The quantitative estimate of drug-likeness (QED) is 0.0195. The number of carbonyl (C=O) groups is 2. The van der Waals surface area contributed by atoms with Crippen molar-refractivity contribution < 1.29 is 42.1 Å². The van der Waals surface area contributed by atoms with Crippen molar-refractivity contribution in [3.8, 4) is 0 Å². The largest absolute Gasteiger partial charge is 0.756 e. The second-order valence-electron chi connectivity index (χ2n) is 25.6. The Morgan fingerprint density at radius 3 is 0.944 bits per heavy atom. The molecule has 2 unspecified atom stereocenters. The fourth-order valence-electron chi connectivity index (χ4n) is 10.0. The van der Waals surface area contributed by atoms with Crippen LogP contribution in [0.25, 0.3) is 0 Å². The minimum Gasteiger partial charge on any atom is -0.756 e. The molecule has 0 N–H and O–H groups in total. The fraction of sp³-hybridized carbons (Fsp3) is 0.700. The van der Waals surface area contributed by atoms with E-state index in [-0.39, 0.29) is 32.0 Å². The SMILES string of the molecule is CC/C=C\C/C=C\C/C=C\C/C=C\C/C=C\C/C=C\C/C=C\C/C=C\CCCCCCC(=O)OC(COC(=O)CCCCCCCCCCCCCCCCCCCCCCCC/C=C\C/C=C\C/C=C\CCCCCCC)COP(=O)([O-])OCC[N+](C)(C)C. The zero-order valence-electron chi connectivity index (χ0n) is 58.8. The summed E-state index contributed by atoms with van der Waals surface area (Å²) in [5, 5.41) is 0. The highest BCUT2D eigenvalue weighted by Gasteiger charge is 2.22. The molecule has 0 bridgehead atoms. The average molecular weight is 1270 g/mol. The molecule has 0 aromatic rings. The first-order valence-corrected chi connectivity index (χ1v) is 38.4. The predicted molar refractivity (Wildman–Crippen MR) is 388 cm³/mol. The summed E-state index contributed by atoms with van der Waals surface area (Å²) in [6.07, 6.45) is 101. The number of phosphoric acid groups is 1. The summed E-state index contributed by atoms with van der Waals surface area (Å²) in [7, 11) is 1.14. The molecular weight excluding hydrogens is 1130 g/mol. The molecule has 0 saturated heterocycles. The topological polar surface area (TPSA) is 111 Å². The molecule has 10 heteroatoms. The number of quaternary nitrogens is 1. The Labute approximate surface area is 555 Å². The lowest BCUT2D eigenvalue weighted by Gasteiger charge is -2.28. The standard InChI is InChI=1S/C80H138NO8P/c1-6-8-10-12-14-16-18-20-22-24-26-28-30-32-34-36-37-38-39-40-41-42-43-45-46-48-50-52-54-56-58-60-62-64-66-68-70-72-79(82)86-76-78(77-88-90(84,85)87-75-74-81(3,4)5)89-80(83)73-71-69-67-65-63-61-59-57-55-53-51-49-47-44-35-33-31-29-27-25-23-21-19-17-15-13-11-9-7-2/h9,11,15,17-18,20-21,23-24,26-27,29-30,32-33,35,47,49,53,55,59,61,78H,6-8,10,12-14,16,19,22,25,28,31,34,36-46,48,50-52,54,56-58,60,62-77H2,1-5H3/b11-9-,17-15-,20-18-,23-21-,26-24-,29-27-,32-30-,35-33-,49-47-,55-53-,61-59-. The zero-order valence-corrected chi connectivity index (χ0v) is 59.7. The van der Waals surface area contributed by atoms with Gasteiger partial charge < -0.3 is 27.9 Å². The number of ether oxygens (including phenoxy) is 2. The molecule has 0 amide bonds. The van der Waals surface area contributed by atoms with Gasteiger partial charge in [0, 0.05) is 12.8 Å². The molecule has 0 aromatic carbocycles. The molecular formula is C80H138NO8P. The molecule has 0 spiro atoms. The first kappa shape index (κ1) is 86.2.